The number of para-hydroxylation sites is 1. The lowest BCUT2D eigenvalue weighted by Gasteiger charge is -2.30. The lowest BCUT2D eigenvalue weighted by molar-refractivity contribution is -0.112. The van der Waals surface area contributed by atoms with Gasteiger partial charge < -0.3 is 25.8 Å². The summed E-state index contributed by atoms with van der Waals surface area (Å²) in [5.74, 6) is -1.24. The van der Waals surface area contributed by atoms with E-state index in [-0.39, 0.29) is 5.57 Å². The van der Waals surface area contributed by atoms with Crippen LogP contribution in [-0.4, -0.2) is 22.6 Å². The van der Waals surface area contributed by atoms with Crippen LogP contribution in [0.5, 0.6) is 11.5 Å². The maximum Gasteiger partial charge on any atom is 0.249 e. The number of hydrogen-bond donors (Lipinski definition) is 3. The Morgan fingerprint density at radius 1 is 1.12 bits per heavy atom. The number of nitrogens with one attached hydrogen (secondary N) is 1. The second kappa shape index (κ2) is 9.26. The first-order valence-electron chi connectivity index (χ1n) is 10.00. The number of phenols is 1. The normalized spacial score (nSPS) is 14.2. The molecule has 4 rings (SSSR count). The summed E-state index contributed by atoms with van der Waals surface area (Å²) in [5.41, 5.74) is 7.69. The number of nitrogens with zero attached hydrogens (tertiary/aromatic N) is 1. The van der Waals surface area contributed by atoms with Crippen molar-refractivity contribution in [1.29, 1.82) is 0 Å². The first-order chi connectivity index (χ1) is 15.5. The average molecular weight is 431 g/mol. The quantitative estimate of drug-likeness (QED) is 0.389. The Bertz CT molecular complexity index is 1180. The Morgan fingerprint density at radius 3 is 2.56 bits per heavy atom. The van der Waals surface area contributed by atoms with Crippen molar-refractivity contribution >= 4 is 17.6 Å². The number of rotatable bonds is 7. The molecule has 1 atom stereocenters. The predicted octanol–water partition coefficient (Wildman–Crippen LogP) is 3.97. The summed E-state index contributed by atoms with van der Waals surface area (Å²) in [6.07, 6.45) is 4.66. The number of ether oxygens (including phenoxy) is 1. The van der Waals surface area contributed by atoms with Gasteiger partial charge in [0.25, 0.3) is 0 Å². The van der Waals surface area contributed by atoms with Crippen molar-refractivity contribution in [2.24, 2.45) is 5.73 Å². The molecule has 1 unspecified atom stereocenters. The number of hydrogen-bond acceptors (Lipinski definition) is 5. The van der Waals surface area contributed by atoms with Crippen LogP contribution >= 0.6 is 0 Å². The summed E-state index contributed by atoms with van der Waals surface area (Å²) >= 11 is 0. The standard InChI is InChI=1S/C25H22FN3O3/c26-22-11-10-17(15-23(22)30)14-21(24(27)31)19-8-4-5-9-20(19)25(29-13-12-28-16-29)32-18-6-2-1-3-7-18/h1-15,25,28,30H,16H2,(H2,27,31)/b21-14+. The van der Waals surface area contributed by atoms with Crippen LogP contribution in [0.1, 0.15) is 22.9 Å². The number of carbonyl (C=O) groups excluding carboxylic acids is 1. The zero-order chi connectivity index (χ0) is 22.5. The summed E-state index contributed by atoms with van der Waals surface area (Å²) < 4.78 is 19.8. The van der Waals surface area contributed by atoms with E-state index in [0.717, 1.165) is 11.6 Å². The molecule has 3 aromatic rings. The minimum atomic E-state index is -0.743. The molecule has 1 heterocycles. The van der Waals surface area contributed by atoms with E-state index in [9.17, 15) is 14.3 Å². The van der Waals surface area contributed by atoms with Crippen molar-refractivity contribution in [2.75, 3.05) is 6.67 Å². The molecule has 0 saturated heterocycles. The van der Waals surface area contributed by atoms with Crippen molar-refractivity contribution in [2.45, 2.75) is 6.23 Å². The lowest BCUT2D eigenvalue weighted by atomic mass is 9.95. The van der Waals surface area contributed by atoms with Crippen LogP contribution in [0.3, 0.4) is 0 Å². The number of amides is 1. The Balaban J connectivity index is 1.80. The van der Waals surface area contributed by atoms with Gasteiger partial charge >= 0.3 is 0 Å². The highest BCUT2D eigenvalue weighted by Crippen LogP contribution is 2.33. The number of primary amides is 1. The highest BCUT2D eigenvalue weighted by atomic mass is 19.1. The van der Waals surface area contributed by atoms with Gasteiger partial charge in [0.1, 0.15) is 5.75 Å². The zero-order valence-electron chi connectivity index (χ0n) is 17.1. The molecule has 0 aliphatic carbocycles. The third-order valence-corrected chi connectivity index (χ3v) is 5.01. The van der Waals surface area contributed by atoms with Gasteiger partial charge in [-0.3, -0.25) is 4.79 Å². The number of aromatic hydroxyl groups is 1. The maximum atomic E-state index is 13.5. The van der Waals surface area contributed by atoms with Gasteiger partial charge in [0.2, 0.25) is 5.91 Å². The van der Waals surface area contributed by atoms with Crippen LogP contribution in [0.25, 0.3) is 11.6 Å². The molecular formula is C25H22FN3O3. The van der Waals surface area contributed by atoms with Gasteiger partial charge in [-0.1, -0.05) is 48.5 Å². The molecule has 1 aliphatic heterocycles. The number of nitrogens with two attached hydrogens (primary N) is 1. The van der Waals surface area contributed by atoms with Crippen molar-refractivity contribution in [3.8, 4) is 11.5 Å². The summed E-state index contributed by atoms with van der Waals surface area (Å²) in [7, 11) is 0. The van der Waals surface area contributed by atoms with Crippen LogP contribution in [-0.2, 0) is 4.79 Å². The minimum Gasteiger partial charge on any atom is -0.505 e. The van der Waals surface area contributed by atoms with E-state index in [1.807, 2.05) is 59.8 Å². The third-order valence-electron chi connectivity index (χ3n) is 5.01. The predicted molar refractivity (Wildman–Crippen MR) is 120 cm³/mol. The summed E-state index contributed by atoms with van der Waals surface area (Å²) in [4.78, 5) is 14.4. The van der Waals surface area contributed by atoms with Crippen molar-refractivity contribution in [3.05, 3.63) is 108 Å². The molecule has 0 radical (unpaired) electrons. The second-order valence-electron chi connectivity index (χ2n) is 7.20. The number of halogens is 1. The average Bonchev–Trinajstić information content (AvgIpc) is 3.33. The van der Waals surface area contributed by atoms with Gasteiger partial charge in [-0.25, -0.2) is 4.39 Å². The monoisotopic (exact) mass is 431 g/mol. The van der Waals surface area contributed by atoms with Crippen LogP contribution in [0.2, 0.25) is 0 Å². The van der Waals surface area contributed by atoms with Gasteiger partial charge in [-0.15, -0.1) is 0 Å². The maximum absolute atomic E-state index is 13.5. The fourth-order valence-electron chi connectivity index (χ4n) is 3.48. The molecule has 1 aliphatic rings. The number of phenolic OH excluding ortho intramolecular Hbond substituents is 1. The van der Waals surface area contributed by atoms with E-state index in [2.05, 4.69) is 5.32 Å². The zero-order valence-corrected chi connectivity index (χ0v) is 17.1. The molecule has 1 amide bonds. The number of benzene rings is 3. The molecule has 0 aromatic heterocycles. The van der Waals surface area contributed by atoms with E-state index >= 15 is 0 Å². The third kappa shape index (κ3) is 4.57. The highest BCUT2D eigenvalue weighted by Gasteiger charge is 2.26. The Kier molecular flexibility index (Phi) is 6.07. The van der Waals surface area contributed by atoms with Gasteiger partial charge in [0.05, 0.1) is 6.67 Å². The molecule has 162 valence electrons. The van der Waals surface area contributed by atoms with E-state index in [0.29, 0.717) is 23.5 Å². The van der Waals surface area contributed by atoms with Crippen LogP contribution in [0.15, 0.2) is 85.2 Å². The van der Waals surface area contributed by atoms with Gasteiger partial charge in [-0.2, -0.15) is 0 Å². The van der Waals surface area contributed by atoms with E-state index in [4.69, 9.17) is 10.5 Å². The molecule has 3 aromatic carbocycles. The Labute approximate surface area is 185 Å². The van der Waals surface area contributed by atoms with Crippen LogP contribution in [0, 0.1) is 5.82 Å². The SMILES string of the molecule is NC(=O)/C(=C/c1ccc(F)c(O)c1)c1ccccc1C(Oc1ccccc1)N1C=CNC1. The van der Waals surface area contributed by atoms with Gasteiger partial charge in [-0.05, 0) is 41.5 Å². The molecular weight excluding hydrogens is 409 g/mol. The summed E-state index contributed by atoms with van der Waals surface area (Å²) in [6.45, 7) is 0.521. The first-order valence-corrected chi connectivity index (χ1v) is 10.00. The molecule has 0 bridgehead atoms. The molecule has 32 heavy (non-hydrogen) atoms. The van der Waals surface area contributed by atoms with Crippen LogP contribution < -0.4 is 15.8 Å². The molecule has 6 nitrogen and oxygen atoms in total. The minimum absolute atomic E-state index is 0.212. The summed E-state index contributed by atoms with van der Waals surface area (Å²) in [6, 6.07) is 20.5. The van der Waals surface area contributed by atoms with Crippen molar-refractivity contribution in [3.63, 3.8) is 0 Å². The molecule has 0 fully saturated rings. The van der Waals surface area contributed by atoms with E-state index in [1.54, 1.807) is 12.1 Å². The highest BCUT2D eigenvalue weighted by molar-refractivity contribution is 6.23. The molecule has 4 N–H and O–H groups in total. The van der Waals surface area contributed by atoms with Crippen molar-refractivity contribution in [1.82, 2.24) is 10.2 Å². The van der Waals surface area contributed by atoms with Crippen molar-refractivity contribution < 1.29 is 19.0 Å². The fourth-order valence-corrected chi connectivity index (χ4v) is 3.48. The summed E-state index contributed by atoms with van der Waals surface area (Å²) in [5, 5.41) is 12.8. The molecule has 0 spiro atoms. The largest absolute Gasteiger partial charge is 0.505 e. The second-order valence-corrected chi connectivity index (χ2v) is 7.20. The Hall–Kier alpha value is -4.26. The van der Waals surface area contributed by atoms with Gasteiger partial charge in [0.15, 0.2) is 17.8 Å². The van der Waals surface area contributed by atoms with Gasteiger partial charge in [0, 0.05) is 23.5 Å². The molecule has 0 saturated carbocycles. The Morgan fingerprint density at radius 2 is 1.88 bits per heavy atom. The number of carbonyl (C=O) groups is 1. The van der Waals surface area contributed by atoms with E-state index in [1.165, 1.54) is 18.2 Å². The lowest BCUT2D eigenvalue weighted by Crippen LogP contribution is -2.31. The molecule has 7 heteroatoms. The fraction of sp³-hybridized carbons (Fsp3) is 0.0800. The smallest absolute Gasteiger partial charge is 0.249 e. The topological polar surface area (TPSA) is 87.8 Å². The first kappa shape index (κ1) is 21.0. The van der Waals surface area contributed by atoms with E-state index < -0.39 is 23.7 Å². The van der Waals surface area contributed by atoms with Crippen LogP contribution in [0.4, 0.5) is 4.39 Å².